The van der Waals surface area contributed by atoms with Crippen LogP contribution >= 0.6 is 0 Å². The molecule has 2 aromatic rings. The van der Waals surface area contributed by atoms with Crippen LogP contribution in [0.15, 0.2) is 18.3 Å². The van der Waals surface area contributed by atoms with E-state index in [-0.39, 0.29) is 43.2 Å². The number of carboxylic acids is 1. The molecule has 0 amide bonds. The second-order valence-electron chi connectivity index (χ2n) is 5.39. The highest BCUT2D eigenvalue weighted by Crippen LogP contribution is 2.38. The van der Waals surface area contributed by atoms with Gasteiger partial charge in [0.2, 0.25) is 0 Å². The monoisotopic (exact) mass is 394 g/mol. The smallest absolute Gasteiger partial charge is 0.536 e. The predicted octanol–water partition coefficient (Wildman–Crippen LogP) is 0.575. The molecular formula is C17H25BN3O7. The Morgan fingerprint density at radius 1 is 1.32 bits per heavy atom. The van der Waals surface area contributed by atoms with E-state index in [1.54, 1.807) is 12.3 Å². The van der Waals surface area contributed by atoms with E-state index in [2.05, 4.69) is 10.3 Å². The molecule has 1 atom stereocenters. The molecule has 28 heavy (non-hydrogen) atoms. The van der Waals surface area contributed by atoms with Gasteiger partial charge in [-0.25, -0.2) is 4.79 Å². The zero-order chi connectivity index (χ0) is 21.1. The van der Waals surface area contributed by atoms with Crippen molar-refractivity contribution in [1.82, 2.24) is 15.0 Å². The van der Waals surface area contributed by atoms with Gasteiger partial charge in [-0.2, -0.15) is 0 Å². The molecule has 0 bridgehead atoms. The third-order valence-corrected chi connectivity index (χ3v) is 3.83. The van der Waals surface area contributed by atoms with Crippen molar-refractivity contribution in [3.05, 3.63) is 35.2 Å². The summed E-state index contributed by atoms with van der Waals surface area (Å²) in [6.45, 7) is 3.83. The minimum Gasteiger partial charge on any atom is -0.536 e. The van der Waals surface area contributed by atoms with E-state index >= 15 is 0 Å². The number of aliphatic hydroxyl groups is 2. The lowest BCUT2D eigenvalue weighted by Gasteiger charge is -2.22. The van der Waals surface area contributed by atoms with Gasteiger partial charge in [-0.05, 0) is 18.1 Å². The lowest BCUT2D eigenvalue weighted by molar-refractivity contribution is 0.0691. The van der Waals surface area contributed by atoms with Gasteiger partial charge in [-0.3, -0.25) is 4.68 Å². The molecule has 4 N–H and O–H groups in total. The number of rotatable bonds is 10. The Hall–Kier alpha value is -2.63. The summed E-state index contributed by atoms with van der Waals surface area (Å²) in [7, 11) is 1.71. The average Bonchev–Trinajstić information content (AvgIpc) is 3.16. The Bertz CT molecular complexity index is 754. The van der Waals surface area contributed by atoms with Crippen molar-refractivity contribution in [3.8, 4) is 11.5 Å². The molecular weight excluding hydrogens is 369 g/mol. The molecule has 1 radical (unpaired) electrons. The Morgan fingerprint density at radius 3 is 2.54 bits per heavy atom. The van der Waals surface area contributed by atoms with Crippen LogP contribution in [0.2, 0.25) is 0 Å². The molecule has 0 saturated heterocycles. The molecule has 1 unspecified atom stereocenters. The predicted molar refractivity (Wildman–Crippen MR) is 100 cm³/mol. The van der Waals surface area contributed by atoms with Gasteiger partial charge in [0.25, 0.3) is 0 Å². The van der Waals surface area contributed by atoms with Gasteiger partial charge in [0.05, 0.1) is 19.9 Å². The van der Waals surface area contributed by atoms with Gasteiger partial charge in [-0.15, -0.1) is 5.10 Å². The van der Waals surface area contributed by atoms with Crippen LogP contribution in [0.3, 0.4) is 0 Å². The summed E-state index contributed by atoms with van der Waals surface area (Å²) in [4.78, 5) is 11.6. The van der Waals surface area contributed by atoms with Crippen molar-refractivity contribution in [1.29, 1.82) is 0 Å². The van der Waals surface area contributed by atoms with Crippen LogP contribution in [-0.2, 0) is 13.2 Å². The number of carbonyl (C=O) groups is 1. The Balaban J connectivity index is 0.00000190. The first-order valence-electron chi connectivity index (χ1n) is 8.73. The standard InChI is InChI=1S/C15H19BN3O7.C2H6/c1-25-12-3-2-11(14(26-16-24)13(12)15(22)23)9(4-5-20)6-19-7-10(8-21)17-18-19;1-2/h2-3,7,9,20-21,24H,4-6,8H2,1H3,(H,22,23);1-2H3. The van der Waals surface area contributed by atoms with Crippen molar-refractivity contribution < 1.29 is 34.5 Å². The first kappa shape index (κ1) is 23.4. The molecule has 2 rings (SSSR count). The van der Waals surface area contributed by atoms with Crippen LogP contribution in [0, 0.1) is 0 Å². The molecule has 11 heteroatoms. The van der Waals surface area contributed by atoms with Gasteiger partial charge in [-0.1, -0.05) is 25.1 Å². The number of benzene rings is 1. The largest absolute Gasteiger partial charge is 0.569 e. The lowest BCUT2D eigenvalue weighted by atomic mass is 9.92. The third kappa shape index (κ3) is 5.68. The van der Waals surface area contributed by atoms with Crippen LogP contribution in [-0.4, -0.2) is 62.7 Å². The van der Waals surface area contributed by atoms with Crippen molar-refractivity contribution in [2.24, 2.45) is 0 Å². The van der Waals surface area contributed by atoms with Crippen molar-refractivity contribution in [2.45, 2.75) is 39.3 Å². The van der Waals surface area contributed by atoms with Gasteiger partial charge >= 0.3 is 13.7 Å². The van der Waals surface area contributed by atoms with Crippen LogP contribution in [0.25, 0.3) is 0 Å². The number of aromatic nitrogens is 3. The van der Waals surface area contributed by atoms with Gasteiger partial charge in [0, 0.05) is 19.1 Å². The molecule has 1 aromatic carbocycles. The van der Waals surface area contributed by atoms with E-state index < -0.39 is 11.9 Å². The van der Waals surface area contributed by atoms with E-state index in [0.29, 0.717) is 18.9 Å². The maximum atomic E-state index is 11.6. The van der Waals surface area contributed by atoms with Gasteiger partial charge in [0.15, 0.2) is 0 Å². The number of hydrogen-bond donors (Lipinski definition) is 4. The highest BCUT2D eigenvalue weighted by Gasteiger charge is 2.26. The zero-order valence-corrected chi connectivity index (χ0v) is 16.1. The Morgan fingerprint density at radius 2 is 2.04 bits per heavy atom. The van der Waals surface area contributed by atoms with E-state index in [9.17, 15) is 15.0 Å². The number of ether oxygens (including phenoxy) is 1. The summed E-state index contributed by atoms with van der Waals surface area (Å²) < 4.78 is 11.6. The maximum Gasteiger partial charge on any atom is 0.569 e. The molecule has 0 saturated carbocycles. The molecule has 1 heterocycles. The minimum atomic E-state index is -1.29. The van der Waals surface area contributed by atoms with E-state index in [1.807, 2.05) is 13.8 Å². The molecule has 10 nitrogen and oxygen atoms in total. The van der Waals surface area contributed by atoms with E-state index in [0.717, 1.165) is 0 Å². The number of nitrogens with zero attached hydrogens (tertiary/aromatic N) is 3. The summed E-state index contributed by atoms with van der Waals surface area (Å²) in [5, 5.41) is 44.7. The average molecular weight is 394 g/mol. The second-order valence-corrected chi connectivity index (χ2v) is 5.39. The summed E-state index contributed by atoms with van der Waals surface area (Å²) in [5.41, 5.74) is 0.588. The second kappa shape index (κ2) is 12.0. The molecule has 0 spiro atoms. The first-order chi connectivity index (χ1) is 13.5. The van der Waals surface area contributed by atoms with Crippen molar-refractivity contribution in [2.75, 3.05) is 13.7 Å². The van der Waals surface area contributed by atoms with Crippen molar-refractivity contribution >= 4 is 13.7 Å². The topological polar surface area (TPSA) is 147 Å². The summed E-state index contributed by atoms with van der Waals surface area (Å²) in [6, 6.07) is 3.09. The van der Waals surface area contributed by atoms with Crippen LogP contribution in [0.5, 0.6) is 11.5 Å². The number of hydrogen-bond acceptors (Lipinski definition) is 8. The lowest BCUT2D eigenvalue weighted by Crippen LogP contribution is -2.16. The minimum absolute atomic E-state index is 0.0733. The third-order valence-electron chi connectivity index (χ3n) is 3.83. The number of aliphatic hydroxyl groups excluding tert-OH is 2. The number of aromatic carboxylic acids is 1. The molecule has 0 fully saturated rings. The van der Waals surface area contributed by atoms with Gasteiger partial charge < -0.3 is 29.7 Å². The highest BCUT2D eigenvalue weighted by molar-refractivity contribution is 6.18. The van der Waals surface area contributed by atoms with Crippen LogP contribution < -0.4 is 9.39 Å². The zero-order valence-electron chi connectivity index (χ0n) is 16.1. The molecule has 0 aliphatic rings. The fraction of sp³-hybridized carbons (Fsp3) is 0.471. The number of methoxy groups -OCH3 is 1. The number of carboxylic acid groups (broad SMARTS) is 1. The quantitative estimate of drug-likeness (QED) is 0.425. The van der Waals surface area contributed by atoms with Gasteiger partial charge in [0.1, 0.15) is 22.8 Å². The van der Waals surface area contributed by atoms with Crippen LogP contribution in [0.4, 0.5) is 0 Å². The normalized spacial score (nSPS) is 11.2. The first-order valence-corrected chi connectivity index (χ1v) is 8.73. The summed E-state index contributed by atoms with van der Waals surface area (Å²) in [5.74, 6) is -1.69. The molecule has 153 valence electrons. The maximum absolute atomic E-state index is 11.6. The fourth-order valence-electron chi connectivity index (χ4n) is 2.68. The SMILES string of the molecule is CC.COc1ccc(C(CCO)Cn2cc(CO)nn2)c(O[B]O)c1C(=O)O. The molecule has 1 aromatic heterocycles. The fourth-order valence-corrected chi connectivity index (χ4v) is 2.68. The van der Waals surface area contributed by atoms with Crippen LogP contribution in [0.1, 0.15) is 47.8 Å². The molecule has 0 aliphatic heterocycles. The Labute approximate surface area is 163 Å². The van der Waals surface area contributed by atoms with E-state index in [4.69, 9.17) is 19.5 Å². The van der Waals surface area contributed by atoms with Crippen molar-refractivity contribution in [3.63, 3.8) is 0 Å². The highest BCUT2D eigenvalue weighted by atomic mass is 16.5. The molecule has 0 aliphatic carbocycles. The summed E-state index contributed by atoms with van der Waals surface area (Å²) >= 11 is 0. The van der Waals surface area contributed by atoms with E-state index in [1.165, 1.54) is 17.9 Å². The Kier molecular flexibility index (Phi) is 10.00. The summed E-state index contributed by atoms with van der Waals surface area (Å²) in [6.07, 6.45) is 1.83.